The molecule has 3 aromatic rings. The lowest BCUT2D eigenvalue weighted by Gasteiger charge is -2.13. The van der Waals surface area contributed by atoms with Crippen LogP contribution in [-0.4, -0.2) is 33.5 Å². The second-order valence-electron chi connectivity index (χ2n) is 5.32. The summed E-state index contributed by atoms with van der Waals surface area (Å²) in [6, 6.07) is 4.46. The zero-order valence-electron chi connectivity index (χ0n) is 12.1. The van der Waals surface area contributed by atoms with Crippen molar-refractivity contribution in [3.05, 3.63) is 23.2 Å². The maximum Gasteiger partial charge on any atom is 0.230 e. The fourth-order valence-electron chi connectivity index (χ4n) is 2.52. The Kier molecular flexibility index (Phi) is 3.65. The average molecular weight is 332 g/mol. The molecule has 0 spiro atoms. The van der Waals surface area contributed by atoms with Crippen LogP contribution in [0.15, 0.2) is 17.5 Å². The van der Waals surface area contributed by atoms with E-state index < -0.39 is 0 Å². The first-order valence-corrected chi connectivity index (χ1v) is 8.86. The topological polar surface area (TPSA) is 74.8 Å². The first-order chi connectivity index (χ1) is 10.8. The highest BCUT2D eigenvalue weighted by Crippen LogP contribution is 2.29. The largest absolute Gasteiger partial charge is 0.365 e. The summed E-state index contributed by atoms with van der Waals surface area (Å²) in [6.45, 7) is 4.01. The number of anilines is 3. The summed E-state index contributed by atoms with van der Waals surface area (Å²) in [5.74, 6) is 1.53. The van der Waals surface area contributed by atoms with Gasteiger partial charge < -0.3 is 16.0 Å². The second kappa shape index (κ2) is 5.79. The molecule has 114 valence electrons. The third kappa shape index (κ3) is 2.77. The summed E-state index contributed by atoms with van der Waals surface area (Å²) in [7, 11) is 0. The summed E-state index contributed by atoms with van der Waals surface area (Å²) < 4.78 is 5.38. The summed E-state index contributed by atoms with van der Waals surface area (Å²) in [4.78, 5) is 9.26. The minimum absolute atomic E-state index is 0.429. The van der Waals surface area contributed by atoms with Crippen molar-refractivity contribution in [3.8, 4) is 0 Å². The van der Waals surface area contributed by atoms with Crippen LogP contribution in [0, 0.1) is 6.92 Å². The van der Waals surface area contributed by atoms with Crippen molar-refractivity contribution in [3.63, 3.8) is 0 Å². The van der Waals surface area contributed by atoms with Crippen molar-refractivity contribution < 1.29 is 0 Å². The van der Waals surface area contributed by atoms with E-state index in [2.05, 4.69) is 35.7 Å². The monoisotopic (exact) mass is 332 g/mol. The molecule has 6 nitrogen and oxygen atoms in total. The van der Waals surface area contributed by atoms with Gasteiger partial charge in [0.25, 0.3) is 0 Å². The second-order valence-corrected chi connectivity index (χ2v) is 7.04. The molecule has 0 saturated carbocycles. The van der Waals surface area contributed by atoms with Crippen LogP contribution < -0.4 is 16.0 Å². The maximum atomic E-state index is 4.67. The molecular weight excluding hydrogens is 316 g/mol. The Balaban J connectivity index is 1.66. The van der Waals surface area contributed by atoms with Crippen LogP contribution in [0.25, 0.3) is 10.2 Å². The number of hydrogen-bond donors (Lipinski definition) is 3. The highest BCUT2D eigenvalue weighted by Gasteiger charge is 2.17. The summed E-state index contributed by atoms with van der Waals surface area (Å²) in [5, 5.41) is 13.2. The van der Waals surface area contributed by atoms with Gasteiger partial charge >= 0.3 is 0 Å². The van der Waals surface area contributed by atoms with Crippen LogP contribution in [0.4, 0.5) is 16.8 Å². The summed E-state index contributed by atoms with van der Waals surface area (Å²) in [5.41, 5.74) is 1.97. The van der Waals surface area contributed by atoms with E-state index in [1.165, 1.54) is 11.5 Å². The smallest absolute Gasteiger partial charge is 0.230 e. The molecule has 1 aliphatic heterocycles. The quantitative estimate of drug-likeness (QED) is 0.682. The maximum absolute atomic E-state index is 4.67. The number of hydrogen-bond acceptors (Lipinski definition) is 8. The van der Waals surface area contributed by atoms with Gasteiger partial charge in [-0.1, -0.05) is 0 Å². The van der Waals surface area contributed by atoms with Crippen LogP contribution in [0.2, 0.25) is 0 Å². The Hall–Kier alpha value is -1.77. The van der Waals surface area contributed by atoms with Crippen molar-refractivity contribution in [2.75, 3.05) is 23.7 Å². The number of rotatable bonds is 4. The third-order valence-corrected chi connectivity index (χ3v) is 5.27. The molecule has 1 saturated heterocycles. The number of nitrogens with zero attached hydrogens (tertiary/aromatic N) is 3. The molecule has 0 aromatic carbocycles. The van der Waals surface area contributed by atoms with Gasteiger partial charge in [-0.25, -0.2) is 4.98 Å². The lowest BCUT2D eigenvalue weighted by Crippen LogP contribution is -2.23. The van der Waals surface area contributed by atoms with Crippen molar-refractivity contribution in [1.82, 2.24) is 19.7 Å². The molecule has 3 aromatic heterocycles. The molecule has 4 rings (SSSR count). The van der Waals surface area contributed by atoms with Gasteiger partial charge in [0.05, 0.1) is 15.9 Å². The highest BCUT2D eigenvalue weighted by atomic mass is 32.1. The zero-order chi connectivity index (χ0) is 14.9. The van der Waals surface area contributed by atoms with Gasteiger partial charge in [-0.15, -0.1) is 11.3 Å². The Morgan fingerprint density at radius 3 is 3.09 bits per heavy atom. The van der Waals surface area contributed by atoms with E-state index in [4.69, 9.17) is 0 Å². The molecule has 0 unspecified atom stereocenters. The van der Waals surface area contributed by atoms with E-state index in [-0.39, 0.29) is 0 Å². The molecule has 0 amide bonds. The Labute approximate surface area is 136 Å². The van der Waals surface area contributed by atoms with Gasteiger partial charge in [0.15, 0.2) is 0 Å². The van der Waals surface area contributed by atoms with Gasteiger partial charge in [-0.05, 0) is 48.9 Å². The van der Waals surface area contributed by atoms with E-state index in [9.17, 15) is 0 Å². The van der Waals surface area contributed by atoms with Gasteiger partial charge in [0.2, 0.25) is 5.95 Å². The van der Waals surface area contributed by atoms with E-state index in [1.54, 1.807) is 11.3 Å². The van der Waals surface area contributed by atoms with Crippen molar-refractivity contribution >= 4 is 49.9 Å². The fourth-order valence-corrected chi connectivity index (χ4v) is 3.96. The summed E-state index contributed by atoms with van der Waals surface area (Å²) >= 11 is 3.09. The van der Waals surface area contributed by atoms with E-state index in [0.29, 0.717) is 12.0 Å². The van der Waals surface area contributed by atoms with Crippen LogP contribution >= 0.6 is 22.9 Å². The van der Waals surface area contributed by atoms with Gasteiger partial charge in [-0.2, -0.15) is 9.36 Å². The SMILES string of the molecule is Cc1cc(Nc2nc(N[C@@H]3CCNC3)c3sccc3n2)sn1. The number of fused-ring (bicyclic) bond motifs is 1. The lowest BCUT2D eigenvalue weighted by atomic mass is 10.2. The van der Waals surface area contributed by atoms with Crippen LogP contribution in [0.3, 0.4) is 0 Å². The standard InChI is InChI=1S/C14H16N6S2/c1-8-6-11(22-20-8)18-14-17-10-3-5-21-12(10)13(19-14)16-9-2-4-15-7-9/h3,5-6,9,15H,2,4,7H2,1H3,(H2,16,17,18,19)/t9-/m1/s1. The molecule has 0 radical (unpaired) electrons. The molecule has 1 atom stereocenters. The molecule has 0 aliphatic carbocycles. The van der Waals surface area contributed by atoms with Gasteiger partial charge in [0.1, 0.15) is 10.8 Å². The highest BCUT2D eigenvalue weighted by molar-refractivity contribution is 7.17. The van der Waals surface area contributed by atoms with Crippen LogP contribution in [0.1, 0.15) is 12.1 Å². The number of aromatic nitrogens is 3. The van der Waals surface area contributed by atoms with Crippen LogP contribution in [0.5, 0.6) is 0 Å². The molecule has 0 bridgehead atoms. The van der Waals surface area contributed by atoms with Crippen LogP contribution in [-0.2, 0) is 0 Å². The van der Waals surface area contributed by atoms with Gasteiger partial charge in [0, 0.05) is 12.6 Å². The molecule has 4 heterocycles. The number of aryl methyl sites for hydroxylation is 1. The molecule has 22 heavy (non-hydrogen) atoms. The van der Waals surface area contributed by atoms with E-state index in [1.807, 2.05) is 19.1 Å². The lowest BCUT2D eigenvalue weighted by molar-refractivity contribution is 0.789. The van der Waals surface area contributed by atoms with Gasteiger partial charge in [-0.3, -0.25) is 0 Å². The number of thiophene rings is 1. The Morgan fingerprint density at radius 1 is 1.36 bits per heavy atom. The first kappa shape index (κ1) is 13.9. The zero-order valence-corrected chi connectivity index (χ0v) is 13.7. The Morgan fingerprint density at radius 2 is 2.32 bits per heavy atom. The predicted molar refractivity (Wildman–Crippen MR) is 92.4 cm³/mol. The normalized spacial score (nSPS) is 18.0. The Bertz CT molecular complexity index is 790. The van der Waals surface area contributed by atoms with Crippen molar-refractivity contribution in [2.24, 2.45) is 0 Å². The minimum atomic E-state index is 0.429. The first-order valence-electron chi connectivity index (χ1n) is 7.21. The molecule has 8 heteroatoms. The van der Waals surface area contributed by atoms with E-state index in [0.717, 1.165) is 46.2 Å². The van der Waals surface area contributed by atoms with E-state index >= 15 is 0 Å². The fraction of sp³-hybridized carbons (Fsp3) is 0.357. The average Bonchev–Trinajstić information content (AvgIpc) is 3.21. The third-order valence-electron chi connectivity index (χ3n) is 3.57. The molecule has 1 fully saturated rings. The number of nitrogens with one attached hydrogen (secondary N) is 3. The van der Waals surface area contributed by atoms with Crippen molar-refractivity contribution in [1.29, 1.82) is 0 Å². The molecule has 1 aliphatic rings. The molecule has 3 N–H and O–H groups in total. The molecular formula is C14H16N6S2. The predicted octanol–water partition coefficient (Wildman–Crippen LogP) is 2.97. The summed E-state index contributed by atoms with van der Waals surface area (Å²) in [6.07, 6.45) is 1.12. The van der Waals surface area contributed by atoms with Crippen molar-refractivity contribution in [2.45, 2.75) is 19.4 Å². The minimum Gasteiger partial charge on any atom is -0.365 e.